The predicted molar refractivity (Wildman–Crippen MR) is 171 cm³/mol. The fourth-order valence-corrected chi connectivity index (χ4v) is 6.04. The van der Waals surface area contributed by atoms with Gasteiger partial charge in [0.2, 0.25) is 0 Å². The Morgan fingerprint density at radius 2 is 1.09 bits per heavy atom. The molecule has 8 bridgehead atoms. The number of aliphatic imine (C=N–C) groups is 1. The average Bonchev–Trinajstić information content (AvgIpc) is 3.88. The third-order valence-corrected chi connectivity index (χ3v) is 8.08. The lowest BCUT2D eigenvalue weighted by molar-refractivity contribution is 0.414. The zero-order chi connectivity index (χ0) is 28.8. The Hall–Kier alpha value is -5.81. The van der Waals surface area contributed by atoms with Gasteiger partial charge in [-0.1, -0.05) is 30.3 Å². The summed E-state index contributed by atoms with van der Waals surface area (Å²) < 4.78 is 5.47. The molecule has 0 aliphatic carbocycles. The van der Waals surface area contributed by atoms with Crippen LogP contribution in [-0.4, -0.2) is 27.8 Å². The summed E-state index contributed by atoms with van der Waals surface area (Å²) in [7, 11) is 1.69. The normalized spacial score (nSPS) is 15.7. The van der Waals surface area contributed by atoms with Crippen molar-refractivity contribution in [3.63, 3.8) is 0 Å². The summed E-state index contributed by atoms with van der Waals surface area (Å²) in [5.74, 6) is 2.98. The summed E-state index contributed by atoms with van der Waals surface area (Å²) in [4.78, 5) is 16.4. The van der Waals surface area contributed by atoms with Crippen molar-refractivity contribution >= 4 is 11.3 Å². The van der Waals surface area contributed by atoms with E-state index in [1.165, 1.54) is 0 Å². The quantitative estimate of drug-likeness (QED) is 0.190. The Morgan fingerprint density at radius 3 is 1.77 bits per heavy atom. The van der Waals surface area contributed by atoms with E-state index < -0.39 is 0 Å². The first-order valence-corrected chi connectivity index (χ1v) is 14.3. The van der Waals surface area contributed by atoms with Crippen LogP contribution in [0.4, 0.5) is 0 Å². The molecule has 5 heterocycles. The van der Waals surface area contributed by atoms with Gasteiger partial charge in [0.25, 0.3) is 0 Å². The molecule has 5 nitrogen and oxygen atoms in total. The van der Waals surface area contributed by atoms with Gasteiger partial charge in [-0.3, -0.25) is 0 Å². The molecule has 0 saturated heterocycles. The van der Waals surface area contributed by atoms with Crippen LogP contribution in [0.5, 0.6) is 5.75 Å². The van der Waals surface area contributed by atoms with E-state index in [0.29, 0.717) is 0 Å². The number of aromatic nitrogens is 3. The number of aromatic amines is 3. The van der Waals surface area contributed by atoms with Gasteiger partial charge in [0.1, 0.15) is 40.4 Å². The van der Waals surface area contributed by atoms with E-state index in [1.807, 2.05) is 24.3 Å². The highest BCUT2D eigenvalue weighted by molar-refractivity contribution is 6.11. The van der Waals surface area contributed by atoms with Crippen molar-refractivity contribution in [2.45, 2.75) is 0 Å². The topological polar surface area (TPSA) is 69.0 Å². The number of nitrogens with one attached hydrogen (secondary N) is 3. The molecule has 0 saturated carbocycles. The zero-order valence-electron chi connectivity index (χ0n) is 23.6. The van der Waals surface area contributed by atoms with Gasteiger partial charge < -0.3 is 19.7 Å². The Morgan fingerprint density at radius 1 is 0.535 bits per heavy atom. The van der Waals surface area contributed by atoms with Crippen molar-refractivity contribution in [3.05, 3.63) is 202 Å². The molecule has 2 aliphatic rings. The van der Waals surface area contributed by atoms with E-state index in [-0.39, 0.29) is 0 Å². The minimum Gasteiger partial charge on any atom is -0.495 e. The van der Waals surface area contributed by atoms with Gasteiger partial charge in [-0.25, -0.2) is 4.99 Å². The fourth-order valence-electron chi connectivity index (χ4n) is 6.04. The second-order valence-electron chi connectivity index (χ2n) is 10.7. The Kier molecular flexibility index (Phi) is 5.93. The number of rotatable bonds is 4. The number of fused-ring (bicyclic) bond motifs is 8. The summed E-state index contributed by atoms with van der Waals surface area (Å²) in [6.45, 7) is 0. The van der Waals surface area contributed by atoms with E-state index in [0.717, 1.165) is 85.4 Å². The number of hydrogen-bond donors (Lipinski definition) is 3. The third kappa shape index (κ3) is 4.39. The van der Waals surface area contributed by atoms with Crippen LogP contribution in [0.25, 0.3) is 5.57 Å². The molecule has 6 aromatic rings. The fraction of sp³-hybridized carbons (Fsp3) is 0.0263. The summed E-state index contributed by atoms with van der Waals surface area (Å²) in [5, 5.41) is 0. The maximum absolute atomic E-state index is 5.47. The smallest absolute Gasteiger partial charge is 0.134 e. The van der Waals surface area contributed by atoms with Crippen LogP contribution in [-0.2, 0) is 0 Å². The largest absolute Gasteiger partial charge is 0.495 e. The van der Waals surface area contributed by atoms with Crippen molar-refractivity contribution in [2.24, 2.45) is 4.99 Å². The van der Waals surface area contributed by atoms with Crippen LogP contribution in [0.15, 0.2) is 144 Å². The molecule has 0 amide bonds. The van der Waals surface area contributed by atoms with E-state index in [2.05, 4.69) is 124 Å². The summed E-state index contributed by atoms with van der Waals surface area (Å²) in [6, 6.07) is 42.1. The minimum absolute atomic E-state index is 0.820. The molecule has 3 N–H and O–H groups in total. The molecular formula is C38H28N4O+2. The van der Waals surface area contributed by atoms with Gasteiger partial charge in [-0.2, -0.15) is 0 Å². The standard InChI is InChI=1S/C38H28N4O/c1-43-27-14-12-26(13-15-27)38-34-22-20-32(41-34)36(24-8-4-2-5-9-24)30-18-16-28(39-30)29-17-19-31(40-29)37(25-10-6-3-7-11-25)33-21-23-35(38)42-33/h2-23,39,41-42H,1H3/q+2/b37-31-. The lowest BCUT2D eigenvalue weighted by atomic mass is 9.92. The third-order valence-electron chi connectivity index (χ3n) is 8.08. The summed E-state index contributed by atoms with van der Waals surface area (Å²) in [6.07, 6.45) is 4.20. The second kappa shape index (κ2) is 10.2. The van der Waals surface area contributed by atoms with Crippen LogP contribution >= 0.6 is 0 Å². The summed E-state index contributed by atoms with van der Waals surface area (Å²) >= 11 is 0. The summed E-state index contributed by atoms with van der Waals surface area (Å²) in [5.41, 5.74) is 12.2. The van der Waals surface area contributed by atoms with Gasteiger partial charge in [-0.15, -0.1) is 0 Å². The van der Waals surface area contributed by atoms with Crippen LogP contribution in [0.1, 0.15) is 50.9 Å². The van der Waals surface area contributed by atoms with Crippen molar-refractivity contribution < 1.29 is 4.74 Å². The van der Waals surface area contributed by atoms with Gasteiger partial charge in [-0.05, 0) is 48.0 Å². The molecule has 5 heteroatoms. The van der Waals surface area contributed by atoms with E-state index in [1.54, 1.807) is 7.11 Å². The number of benzene rings is 3. The van der Waals surface area contributed by atoms with Gasteiger partial charge in [0.05, 0.1) is 53.2 Å². The maximum atomic E-state index is 5.47. The van der Waals surface area contributed by atoms with E-state index in [9.17, 15) is 0 Å². The highest BCUT2D eigenvalue weighted by atomic mass is 16.5. The number of methoxy groups -OCH3 is 1. The Bertz CT molecular complexity index is 2000. The molecule has 3 aromatic carbocycles. The van der Waals surface area contributed by atoms with Crippen LogP contribution in [0, 0.1) is 11.8 Å². The van der Waals surface area contributed by atoms with E-state index in [4.69, 9.17) is 9.73 Å². The molecule has 0 atom stereocenters. The number of ether oxygens (including phenoxy) is 1. The molecule has 0 fully saturated rings. The molecule has 0 radical (unpaired) electrons. The monoisotopic (exact) mass is 556 g/mol. The van der Waals surface area contributed by atoms with Crippen molar-refractivity contribution in [2.75, 3.05) is 7.11 Å². The number of H-pyrrole nitrogens is 3. The first-order chi connectivity index (χ1) is 21.2. The van der Waals surface area contributed by atoms with Gasteiger partial charge in [0.15, 0.2) is 0 Å². The lowest BCUT2D eigenvalue weighted by Gasteiger charge is -2.12. The van der Waals surface area contributed by atoms with Gasteiger partial charge in [0, 0.05) is 54.1 Å². The number of nitrogens with zero attached hydrogens (tertiary/aromatic N) is 1. The molecule has 43 heavy (non-hydrogen) atoms. The first kappa shape index (κ1) is 24.9. The van der Waals surface area contributed by atoms with Crippen molar-refractivity contribution in [1.82, 2.24) is 15.0 Å². The molecule has 2 aliphatic heterocycles. The maximum Gasteiger partial charge on any atom is 0.134 e. The van der Waals surface area contributed by atoms with Crippen molar-refractivity contribution in [1.29, 1.82) is 0 Å². The number of hydrogen-bond acceptors (Lipinski definition) is 2. The van der Waals surface area contributed by atoms with Crippen LogP contribution in [0.2, 0.25) is 0 Å². The van der Waals surface area contributed by atoms with Crippen LogP contribution < -0.4 is 4.74 Å². The molecule has 8 rings (SSSR count). The van der Waals surface area contributed by atoms with E-state index >= 15 is 0 Å². The molecule has 0 unspecified atom stereocenters. The highest BCUT2D eigenvalue weighted by Crippen LogP contribution is 2.38. The Labute approximate surface area is 250 Å². The zero-order valence-corrected chi connectivity index (χ0v) is 23.6. The SMILES string of the molecule is COc1ccc([C+]2c3ccc([nH]3)/C(c3ccccc3)=C3/C=CC(=N3)c3ccc([nH]3)[C+](c3ccccc3)c3ccc2[nH]3)cc1. The lowest BCUT2D eigenvalue weighted by Crippen LogP contribution is -2.09. The molecule has 0 spiro atoms. The minimum atomic E-state index is 0.820. The average molecular weight is 557 g/mol. The first-order valence-electron chi connectivity index (χ1n) is 14.3. The number of allylic oxidation sites excluding steroid dienone is 2. The van der Waals surface area contributed by atoms with Crippen molar-refractivity contribution in [3.8, 4) is 5.75 Å². The second-order valence-corrected chi connectivity index (χ2v) is 10.7. The van der Waals surface area contributed by atoms with Crippen LogP contribution in [0.3, 0.4) is 0 Å². The molecule has 204 valence electrons. The molecular weight excluding hydrogens is 528 g/mol. The van der Waals surface area contributed by atoms with Gasteiger partial charge >= 0.3 is 0 Å². The molecule has 3 aromatic heterocycles. The highest BCUT2D eigenvalue weighted by Gasteiger charge is 2.33. The predicted octanol–water partition coefficient (Wildman–Crippen LogP) is 7.85. The Balaban J connectivity index is 1.38.